The molecule has 0 spiro atoms. The van der Waals surface area contributed by atoms with Crippen LogP contribution < -0.4 is 0 Å². The average Bonchev–Trinajstić information content (AvgIpc) is 2.03. The molecule has 0 fully saturated rings. The van der Waals surface area contributed by atoms with E-state index in [4.69, 9.17) is 17.0 Å². The molecule has 0 aromatic heterocycles. The Kier molecular flexibility index (Phi) is 3.63. The monoisotopic (exact) mass is 199 g/mol. The van der Waals surface area contributed by atoms with Crippen molar-refractivity contribution in [3.63, 3.8) is 0 Å². The highest BCUT2D eigenvalue weighted by molar-refractivity contribution is 8.13. The number of halogens is 1. The number of hydrogen-bond donors (Lipinski definition) is 1. The molecule has 0 atom stereocenters. The van der Waals surface area contributed by atoms with Crippen LogP contribution in [0.25, 0.3) is 0 Å². The van der Waals surface area contributed by atoms with E-state index in [1.807, 2.05) is 24.3 Å². The quantitative estimate of drug-likeness (QED) is 0.572. The highest BCUT2D eigenvalue weighted by Crippen LogP contribution is 2.20. The second-order valence-electron chi connectivity index (χ2n) is 2.44. The van der Waals surface area contributed by atoms with Crippen LogP contribution in [0.2, 0.25) is 5.02 Å². The van der Waals surface area contributed by atoms with Crippen LogP contribution in [0.4, 0.5) is 0 Å². The highest BCUT2D eigenvalue weighted by Gasteiger charge is 1.98. The predicted molar refractivity (Wildman–Crippen MR) is 56.1 cm³/mol. The molecule has 0 bridgehead atoms. The number of hydrogen-bond acceptors (Lipinski definition) is 2. The molecule has 0 aliphatic rings. The maximum Gasteiger partial charge on any atom is 0.0613 e. The summed E-state index contributed by atoms with van der Waals surface area (Å²) in [6.45, 7) is 1.78. The zero-order valence-electron chi connectivity index (χ0n) is 6.80. The molecule has 64 valence electrons. The maximum atomic E-state index is 7.23. The van der Waals surface area contributed by atoms with Crippen LogP contribution in [0.3, 0.4) is 0 Å². The van der Waals surface area contributed by atoms with Gasteiger partial charge in [0.2, 0.25) is 0 Å². The van der Waals surface area contributed by atoms with Gasteiger partial charge in [0.25, 0.3) is 0 Å². The van der Waals surface area contributed by atoms with Crippen molar-refractivity contribution in [2.75, 3.05) is 0 Å². The van der Waals surface area contributed by atoms with Gasteiger partial charge in [-0.05, 0) is 18.6 Å². The van der Waals surface area contributed by atoms with Crippen molar-refractivity contribution in [3.8, 4) is 0 Å². The Labute approximate surface area is 81.6 Å². The van der Waals surface area contributed by atoms with Crippen LogP contribution in [0, 0.1) is 5.41 Å². The summed E-state index contributed by atoms with van der Waals surface area (Å²) in [7, 11) is 0. The lowest BCUT2D eigenvalue weighted by atomic mass is 10.2. The minimum Gasteiger partial charge on any atom is -0.299 e. The SMILES string of the molecule is CC(=N)SCc1ccccc1Cl. The predicted octanol–water partition coefficient (Wildman–Crippen LogP) is 3.57. The summed E-state index contributed by atoms with van der Waals surface area (Å²) < 4.78 is 0. The Balaban J connectivity index is 2.63. The molecule has 1 nitrogen and oxygen atoms in total. The van der Waals surface area contributed by atoms with Crippen LogP contribution in [0.15, 0.2) is 24.3 Å². The molecule has 0 heterocycles. The fourth-order valence-corrected chi connectivity index (χ4v) is 1.71. The van der Waals surface area contributed by atoms with E-state index in [-0.39, 0.29) is 0 Å². The largest absolute Gasteiger partial charge is 0.299 e. The summed E-state index contributed by atoms with van der Waals surface area (Å²) in [6.07, 6.45) is 0. The number of rotatable bonds is 2. The third kappa shape index (κ3) is 2.88. The Hall–Kier alpha value is -0.470. The molecule has 0 saturated heterocycles. The molecule has 0 saturated carbocycles. The summed E-state index contributed by atoms with van der Waals surface area (Å²) in [5.74, 6) is 0.787. The fourth-order valence-electron chi connectivity index (χ4n) is 0.801. The van der Waals surface area contributed by atoms with Crippen molar-refractivity contribution in [2.45, 2.75) is 12.7 Å². The van der Waals surface area contributed by atoms with Crippen molar-refractivity contribution < 1.29 is 0 Å². The van der Waals surface area contributed by atoms with Crippen LogP contribution in [-0.4, -0.2) is 5.04 Å². The van der Waals surface area contributed by atoms with Gasteiger partial charge in [0, 0.05) is 10.8 Å². The van der Waals surface area contributed by atoms with Gasteiger partial charge in [-0.2, -0.15) is 0 Å². The van der Waals surface area contributed by atoms with Crippen molar-refractivity contribution in [2.24, 2.45) is 0 Å². The molecule has 3 heteroatoms. The van der Waals surface area contributed by atoms with Gasteiger partial charge < -0.3 is 0 Å². The maximum absolute atomic E-state index is 7.23. The third-order valence-electron chi connectivity index (χ3n) is 1.40. The van der Waals surface area contributed by atoms with Gasteiger partial charge in [-0.25, -0.2) is 0 Å². The molecule has 0 aliphatic heterocycles. The number of nitrogens with one attached hydrogen (secondary N) is 1. The summed E-state index contributed by atoms with van der Waals surface area (Å²) in [5, 5.41) is 8.64. The lowest BCUT2D eigenvalue weighted by Crippen LogP contribution is -1.85. The normalized spacial score (nSPS) is 9.83. The lowest BCUT2D eigenvalue weighted by Gasteiger charge is -2.01. The highest BCUT2D eigenvalue weighted by atomic mass is 35.5. The van der Waals surface area contributed by atoms with Gasteiger partial charge in [-0.3, -0.25) is 5.41 Å². The van der Waals surface area contributed by atoms with E-state index in [0.717, 1.165) is 16.3 Å². The van der Waals surface area contributed by atoms with E-state index in [2.05, 4.69) is 0 Å². The molecular weight excluding hydrogens is 190 g/mol. The zero-order chi connectivity index (χ0) is 8.97. The number of benzene rings is 1. The smallest absolute Gasteiger partial charge is 0.0613 e. The van der Waals surface area contributed by atoms with E-state index in [1.165, 1.54) is 11.8 Å². The van der Waals surface area contributed by atoms with Crippen LogP contribution >= 0.6 is 23.4 Å². The summed E-state index contributed by atoms with van der Waals surface area (Å²) in [5.41, 5.74) is 1.09. The molecule has 1 aromatic rings. The van der Waals surface area contributed by atoms with Crippen LogP contribution in [0.5, 0.6) is 0 Å². The van der Waals surface area contributed by atoms with Crippen molar-refractivity contribution >= 4 is 28.4 Å². The van der Waals surface area contributed by atoms with Gasteiger partial charge in [0.05, 0.1) is 5.04 Å². The molecule has 0 radical (unpaired) electrons. The first-order valence-corrected chi connectivity index (χ1v) is 4.98. The fraction of sp³-hybridized carbons (Fsp3) is 0.222. The topological polar surface area (TPSA) is 23.9 Å². The Bertz CT molecular complexity index is 286. The van der Waals surface area contributed by atoms with E-state index < -0.39 is 0 Å². The van der Waals surface area contributed by atoms with E-state index in [0.29, 0.717) is 5.04 Å². The van der Waals surface area contributed by atoms with Crippen molar-refractivity contribution in [3.05, 3.63) is 34.9 Å². The van der Waals surface area contributed by atoms with Crippen LogP contribution in [-0.2, 0) is 5.75 Å². The second kappa shape index (κ2) is 4.53. The molecule has 1 aromatic carbocycles. The van der Waals surface area contributed by atoms with Gasteiger partial charge in [0.1, 0.15) is 0 Å². The first-order valence-electron chi connectivity index (χ1n) is 3.61. The first-order chi connectivity index (χ1) is 5.70. The molecule has 1 N–H and O–H groups in total. The van der Waals surface area contributed by atoms with E-state index in [9.17, 15) is 0 Å². The summed E-state index contributed by atoms with van der Waals surface area (Å²) in [4.78, 5) is 0. The summed E-state index contributed by atoms with van der Waals surface area (Å²) >= 11 is 7.42. The van der Waals surface area contributed by atoms with Gasteiger partial charge in [-0.1, -0.05) is 29.8 Å². The Morgan fingerprint density at radius 3 is 2.75 bits per heavy atom. The Morgan fingerprint density at radius 1 is 1.50 bits per heavy atom. The van der Waals surface area contributed by atoms with Crippen molar-refractivity contribution in [1.82, 2.24) is 0 Å². The van der Waals surface area contributed by atoms with Gasteiger partial charge in [0.15, 0.2) is 0 Å². The molecule has 12 heavy (non-hydrogen) atoms. The molecule has 0 aliphatic carbocycles. The van der Waals surface area contributed by atoms with Crippen LogP contribution in [0.1, 0.15) is 12.5 Å². The number of thioether (sulfide) groups is 1. The standard InChI is InChI=1S/C9H10ClNS/c1-7(11)12-6-8-4-2-3-5-9(8)10/h2-5,11H,6H2,1H3. The van der Waals surface area contributed by atoms with E-state index in [1.54, 1.807) is 6.92 Å². The minimum atomic E-state index is 0.620. The third-order valence-corrected chi connectivity index (χ3v) is 2.66. The molecular formula is C9H10ClNS. The summed E-state index contributed by atoms with van der Waals surface area (Å²) in [6, 6.07) is 7.73. The molecule has 0 amide bonds. The molecule has 0 unspecified atom stereocenters. The second-order valence-corrected chi connectivity index (χ2v) is 4.03. The van der Waals surface area contributed by atoms with Crippen molar-refractivity contribution in [1.29, 1.82) is 5.41 Å². The Morgan fingerprint density at radius 2 is 2.17 bits per heavy atom. The zero-order valence-corrected chi connectivity index (χ0v) is 8.38. The molecule has 1 rings (SSSR count). The average molecular weight is 200 g/mol. The van der Waals surface area contributed by atoms with E-state index >= 15 is 0 Å². The first kappa shape index (κ1) is 9.62. The van der Waals surface area contributed by atoms with Gasteiger partial charge >= 0.3 is 0 Å². The lowest BCUT2D eigenvalue weighted by molar-refractivity contribution is 1.42. The minimum absolute atomic E-state index is 0.620. The van der Waals surface area contributed by atoms with Gasteiger partial charge in [-0.15, -0.1) is 11.8 Å².